The van der Waals surface area contributed by atoms with Crippen LogP contribution in [-0.4, -0.2) is 70.9 Å². The summed E-state index contributed by atoms with van der Waals surface area (Å²) in [5, 5.41) is 3.09. The minimum atomic E-state index is -3.81. The smallest absolute Gasteiger partial charge is 0.240 e. The fourth-order valence-corrected chi connectivity index (χ4v) is 10.3. The number of pyridine rings is 1. The highest BCUT2D eigenvalue weighted by Gasteiger charge is 2.62. The fraction of sp³-hybridized carbons (Fsp3) is 0.575. The summed E-state index contributed by atoms with van der Waals surface area (Å²) >= 11 is 1.53. The Morgan fingerprint density at radius 1 is 1.11 bits per heavy atom. The van der Waals surface area contributed by atoms with E-state index in [1.165, 1.54) is 11.3 Å². The van der Waals surface area contributed by atoms with Gasteiger partial charge in [0, 0.05) is 29.2 Å². The largest absolute Gasteiger partial charge is 0.487 e. The minimum absolute atomic E-state index is 0.140. The fourth-order valence-electron chi connectivity index (χ4n) is 7.98. The summed E-state index contributed by atoms with van der Waals surface area (Å²) in [5.74, 6) is -1.10. The molecule has 1 unspecified atom stereocenters. The molecule has 0 bridgehead atoms. The van der Waals surface area contributed by atoms with Crippen molar-refractivity contribution in [2.45, 2.75) is 122 Å². The van der Waals surface area contributed by atoms with Crippen molar-refractivity contribution in [3.05, 3.63) is 52.6 Å². The van der Waals surface area contributed by atoms with Gasteiger partial charge in [0.15, 0.2) is 5.78 Å². The first-order valence-electron chi connectivity index (χ1n) is 19.0. The number of hydrogen-bond donors (Lipinski definition) is 2. The molecule has 13 heteroatoms. The predicted molar refractivity (Wildman–Crippen MR) is 206 cm³/mol. The molecule has 7 rings (SSSR count). The second-order valence-electron chi connectivity index (χ2n) is 16.1. The van der Waals surface area contributed by atoms with Crippen molar-refractivity contribution in [1.29, 1.82) is 0 Å². The molecule has 4 aliphatic rings. The van der Waals surface area contributed by atoms with Crippen molar-refractivity contribution in [2.24, 2.45) is 23.0 Å². The normalized spacial score (nSPS) is 29.0. The molecule has 2 aliphatic carbocycles. The number of aromatic nitrogens is 2. The molecule has 2 aromatic heterocycles. The van der Waals surface area contributed by atoms with Gasteiger partial charge in [-0.05, 0) is 81.4 Å². The Morgan fingerprint density at radius 2 is 1.89 bits per heavy atom. The van der Waals surface area contributed by atoms with E-state index < -0.39 is 50.7 Å². The van der Waals surface area contributed by atoms with Crippen molar-refractivity contribution < 1.29 is 27.5 Å². The highest BCUT2D eigenvalue weighted by molar-refractivity contribution is 7.90. The summed E-state index contributed by atoms with van der Waals surface area (Å²) in [7, 11) is -3.81. The molecule has 6 atom stereocenters. The molecule has 1 aromatic carbocycles. The number of allylic oxidation sites excluding steroid dienone is 2. The summed E-state index contributed by atoms with van der Waals surface area (Å²) in [6, 6.07) is 4.25. The van der Waals surface area contributed by atoms with Crippen LogP contribution in [0.15, 0.2) is 35.7 Å². The van der Waals surface area contributed by atoms with Crippen LogP contribution >= 0.6 is 11.3 Å². The van der Waals surface area contributed by atoms with Crippen LogP contribution in [0, 0.1) is 31.1 Å². The molecule has 0 spiro atoms. The van der Waals surface area contributed by atoms with E-state index in [0.29, 0.717) is 37.1 Å². The number of nitrogens with zero attached hydrogens (tertiary/aromatic N) is 3. The number of nitrogens with one attached hydrogen (secondary N) is 1. The van der Waals surface area contributed by atoms with Crippen LogP contribution in [0.5, 0.6) is 5.75 Å². The Morgan fingerprint density at radius 3 is 2.60 bits per heavy atom. The zero-order chi connectivity index (χ0) is 37.8. The van der Waals surface area contributed by atoms with Gasteiger partial charge in [0.25, 0.3) is 0 Å². The lowest BCUT2D eigenvalue weighted by atomic mass is 9.87. The third-order valence-corrected chi connectivity index (χ3v) is 14.5. The molecular formula is C40H51N5O6S2. The number of hydrogen-bond acceptors (Lipinski definition) is 10. The molecule has 2 amide bonds. The molecular weight excluding hydrogens is 711 g/mol. The van der Waals surface area contributed by atoms with Gasteiger partial charge in [-0.2, -0.15) is 0 Å². The average Bonchev–Trinajstić information content (AvgIpc) is 4.01. The van der Waals surface area contributed by atoms with Crippen LogP contribution in [0.1, 0.15) is 101 Å². The van der Waals surface area contributed by atoms with E-state index in [4.69, 9.17) is 20.4 Å². The van der Waals surface area contributed by atoms with Gasteiger partial charge >= 0.3 is 0 Å². The van der Waals surface area contributed by atoms with Gasteiger partial charge in [-0.3, -0.25) is 19.1 Å². The number of nitrogens with two attached hydrogens (primary N) is 1. The summed E-state index contributed by atoms with van der Waals surface area (Å²) in [6.45, 7) is 10.3. The second kappa shape index (κ2) is 14.5. The number of Topliss-reactive ketones (excluding diaryl/α,β-unsaturated/α-hetero) is 1. The number of ether oxygens (including phenoxy) is 1. The highest BCUT2D eigenvalue weighted by atomic mass is 32.2. The third kappa shape index (κ3) is 7.41. The summed E-state index contributed by atoms with van der Waals surface area (Å²) < 4.78 is 34.9. The Balaban J connectivity index is 1.23. The lowest BCUT2D eigenvalue weighted by Crippen LogP contribution is -2.50. The standard InChI is InChI=1S/C40H51N5O6S2/c1-22(2)31-21-52-37(43-31)30-17-33(28-16-13-23(3)24(4)35(28)42-30)51-34-20-45-36(25(34)5)32(46)19-40(39(48)44-53(49,50)27-14-15-27)18-26(40)11-9-7-6-8-10-12-29(41)38(45)47/h9,11,13,16-17,21-22,25-27,29,34,36H,6-8,10,12,14-15,18-20,41H2,1-5H3,(H,44,48)/b11-9-/t25?,26-,29+,34+,36+,40-/m1/s1. The molecule has 2 aliphatic heterocycles. The first kappa shape index (κ1) is 37.6. The van der Waals surface area contributed by atoms with E-state index in [9.17, 15) is 22.8 Å². The monoisotopic (exact) mass is 761 g/mol. The van der Waals surface area contributed by atoms with Crippen LogP contribution < -0.4 is 15.2 Å². The van der Waals surface area contributed by atoms with Crippen molar-refractivity contribution in [3.8, 4) is 16.5 Å². The highest BCUT2D eigenvalue weighted by Crippen LogP contribution is 2.57. The van der Waals surface area contributed by atoms with Crippen molar-refractivity contribution in [3.63, 3.8) is 0 Å². The maximum atomic E-state index is 14.6. The lowest BCUT2D eigenvalue weighted by Gasteiger charge is -2.29. The molecule has 4 heterocycles. The Bertz CT molecular complexity index is 2070. The number of thiazole rings is 1. The van der Waals surface area contributed by atoms with Gasteiger partial charge < -0.3 is 15.4 Å². The van der Waals surface area contributed by atoms with Crippen molar-refractivity contribution in [1.82, 2.24) is 19.6 Å². The van der Waals surface area contributed by atoms with Crippen LogP contribution in [0.25, 0.3) is 21.6 Å². The Labute approximate surface area is 316 Å². The number of fused-ring (bicyclic) bond motifs is 3. The molecule has 3 aromatic rings. The van der Waals surface area contributed by atoms with E-state index in [1.807, 2.05) is 51.1 Å². The van der Waals surface area contributed by atoms with E-state index in [-0.39, 0.29) is 36.5 Å². The van der Waals surface area contributed by atoms with Gasteiger partial charge in [-0.15, -0.1) is 11.3 Å². The Kier molecular flexibility index (Phi) is 10.3. The first-order valence-corrected chi connectivity index (χ1v) is 21.5. The number of carbonyl (C=O) groups excluding carboxylic acids is 3. The van der Waals surface area contributed by atoms with Crippen LogP contribution in [0.2, 0.25) is 0 Å². The SMILES string of the molecule is Cc1ccc2c(O[C@H]3CN4C(=O)[C@@H](N)CCCCC/C=C\[C@@H]5C[C@@]5(C(=O)NS(=O)(=O)C5CC5)CC(=O)[C@@H]4C3C)cc(-c3nc(C(C)C)cs3)nc2c1C. The maximum absolute atomic E-state index is 14.6. The van der Waals surface area contributed by atoms with Crippen LogP contribution in [0.4, 0.5) is 0 Å². The zero-order valence-corrected chi connectivity index (χ0v) is 32.9. The molecule has 11 nitrogen and oxygen atoms in total. The molecule has 1 saturated heterocycles. The summed E-state index contributed by atoms with van der Waals surface area (Å²) in [4.78, 5) is 54.0. The lowest BCUT2D eigenvalue weighted by molar-refractivity contribution is -0.140. The molecule has 53 heavy (non-hydrogen) atoms. The number of carbonyl (C=O) groups is 3. The molecule has 0 radical (unpaired) electrons. The van der Waals surface area contributed by atoms with E-state index in [1.54, 1.807) is 4.90 Å². The van der Waals surface area contributed by atoms with E-state index >= 15 is 0 Å². The summed E-state index contributed by atoms with van der Waals surface area (Å²) in [5.41, 5.74) is 9.93. The second-order valence-corrected chi connectivity index (χ2v) is 18.9. The Hall–Kier alpha value is -3.68. The van der Waals surface area contributed by atoms with E-state index in [2.05, 4.69) is 23.9 Å². The van der Waals surface area contributed by atoms with Gasteiger partial charge in [-0.25, -0.2) is 18.4 Å². The molecule has 284 valence electrons. The maximum Gasteiger partial charge on any atom is 0.240 e. The molecule has 3 fully saturated rings. The van der Waals surface area contributed by atoms with Crippen LogP contribution in [-0.2, 0) is 24.4 Å². The number of ketones is 1. The van der Waals surface area contributed by atoms with Crippen LogP contribution in [0.3, 0.4) is 0 Å². The molecule has 3 N–H and O–H groups in total. The van der Waals surface area contributed by atoms with Gasteiger partial charge in [0.05, 0.1) is 40.5 Å². The number of rotatable bonds is 7. The number of benzene rings is 1. The zero-order valence-electron chi connectivity index (χ0n) is 31.3. The van der Waals surface area contributed by atoms with Gasteiger partial charge in [0.2, 0.25) is 21.8 Å². The average molecular weight is 762 g/mol. The minimum Gasteiger partial charge on any atom is -0.487 e. The predicted octanol–water partition coefficient (Wildman–Crippen LogP) is 6.11. The molecule has 2 saturated carbocycles. The number of sulfonamides is 1. The first-order chi connectivity index (χ1) is 25.2. The topological polar surface area (TPSA) is 162 Å². The summed E-state index contributed by atoms with van der Waals surface area (Å²) in [6.07, 6.45) is 8.51. The van der Waals surface area contributed by atoms with Crippen molar-refractivity contribution >= 4 is 49.9 Å². The third-order valence-electron chi connectivity index (χ3n) is 11.8. The number of aryl methyl sites for hydroxylation is 2. The van der Waals surface area contributed by atoms with E-state index in [0.717, 1.165) is 58.4 Å². The van der Waals surface area contributed by atoms with Gasteiger partial charge in [-0.1, -0.05) is 51.8 Å². The van der Waals surface area contributed by atoms with Gasteiger partial charge in [0.1, 0.15) is 22.6 Å². The number of amides is 2. The quantitative estimate of drug-likeness (QED) is 0.271. The van der Waals surface area contributed by atoms with Crippen molar-refractivity contribution in [2.75, 3.05) is 6.54 Å².